The van der Waals surface area contributed by atoms with Crippen molar-refractivity contribution in [1.29, 1.82) is 0 Å². The molecule has 16 rings (SSSR count). The first-order chi connectivity index (χ1) is 85.6. The molecule has 8 aromatic heterocycles. The minimum Gasteiger partial charge on any atom is -0.493 e. The van der Waals surface area contributed by atoms with E-state index in [-0.39, 0.29) is 177 Å². The highest BCUT2D eigenvalue weighted by molar-refractivity contribution is 7.90. The van der Waals surface area contributed by atoms with Crippen LogP contribution >= 0.6 is 0 Å². The first-order valence-corrected chi connectivity index (χ1v) is 52.1. The topological polar surface area (TPSA) is 489 Å². The van der Waals surface area contributed by atoms with Gasteiger partial charge in [-0.05, 0) is 255 Å². The van der Waals surface area contributed by atoms with E-state index in [1.54, 1.807) is 6.92 Å². The molecule has 784 valence electrons. The highest BCUT2D eigenvalue weighted by Gasteiger charge is 2.32. The molecule has 0 saturated carbocycles. The number of fused-ring (bicyclic) bond motifs is 4. The Kier molecular flexibility index (Phi) is 22.7. The lowest BCUT2D eigenvalue weighted by molar-refractivity contribution is 0.297. The Morgan fingerprint density at radius 1 is 0.368 bits per heavy atom. The number of nitrogens with one attached hydrogen (secondary N) is 8. The van der Waals surface area contributed by atoms with Crippen LogP contribution in [0.4, 0.5) is 0 Å². The van der Waals surface area contributed by atoms with E-state index in [9.17, 15) is 52.8 Å². The molecule has 12 aromatic rings. The number of benzene rings is 4. The first kappa shape index (κ1) is 65.5. The third kappa shape index (κ3) is 26.5. The summed E-state index contributed by atoms with van der Waals surface area (Å²) in [5.74, 6) is -0.689. The molecule has 4 fully saturated rings. The molecule has 44 heteroatoms. The smallest absolute Gasteiger partial charge is 0.277 e. The molecule has 4 aliphatic heterocycles. The molecule has 0 aliphatic carbocycles. The normalized spacial score (nSPS) is 23.0. The molecule has 40 nitrogen and oxygen atoms in total. The summed E-state index contributed by atoms with van der Waals surface area (Å²) in [6.45, 7) is -20.1. The molecule has 0 amide bonds. The fourth-order valence-corrected chi connectivity index (χ4v) is 20.3. The minimum atomic E-state index is -4.64. The van der Waals surface area contributed by atoms with E-state index in [2.05, 4.69) is 69.7 Å². The molecule has 4 aromatic carbocycles. The van der Waals surface area contributed by atoms with Gasteiger partial charge in [0.15, 0.2) is 22.1 Å². The highest BCUT2D eigenvalue weighted by atomic mass is 32.2. The van der Waals surface area contributed by atoms with Crippen molar-refractivity contribution >= 4 is 84.2 Å². The zero-order valence-electron chi connectivity index (χ0n) is 123. The largest absolute Gasteiger partial charge is 0.493 e. The van der Waals surface area contributed by atoms with Crippen LogP contribution < -0.4 is 60.1 Å². The summed E-state index contributed by atoms with van der Waals surface area (Å²) in [6.07, 6.45) is -17.8. The van der Waals surface area contributed by atoms with Crippen molar-refractivity contribution in [3.63, 3.8) is 0 Å². The lowest BCUT2D eigenvalue weighted by Gasteiger charge is -2.19. The van der Waals surface area contributed by atoms with E-state index in [1.165, 1.54) is 91.4 Å². The molecule has 12 heterocycles. The predicted octanol–water partition coefficient (Wildman–Crippen LogP) is 11.3. The first-order valence-electron chi connectivity index (χ1n) is 67.7. The van der Waals surface area contributed by atoms with Crippen LogP contribution in [0.5, 0.6) is 23.0 Å². The average molecular weight is 2110 g/mol. The molecular formula is C100H144N24O16S4. The van der Waals surface area contributed by atoms with Gasteiger partial charge in [-0.1, -0.05) is 80.6 Å². The van der Waals surface area contributed by atoms with Crippen molar-refractivity contribution in [2.24, 2.45) is 28.2 Å². The van der Waals surface area contributed by atoms with Crippen LogP contribution in [0, 0.1) is 0 Å². The number of likely N-dealkylation sites (tertiary alicyclic amines) is 4. The number of aryl methyl sites for hydroxylation is 8. The molecule has 8 N–H and O–H groups in total. The number of aromatic amines is 4. The van der Waals surface area contributed by atoms with Crippen molar-refractivity contribution in [3.8, 4) is 68.5 Å². The number of ether oxygens (including phenoxy) is 4. The number of hydrogen-bond acceptors (Lipinski definition) is 28. The average Bonchev–Trinajstić information content (AvgIpc) is 1.59. The molecular weight excluding hydrogens is 1920 g/mol. The SMILES string of the molecule is [2H]C(CC1CCCN1C([2H])([2H])[2H])NS(=O)(=O)c1ccc(OCCC)c(-c2nc3c(C([2H])([2H])C([2H])([2H])C([2H])([2H])[2H])nn(C)c3c(=O)[nH]2)c1.[2H]C([2H])(CC1CCCN1C([2H])([2H])[2H])NS(=O)(=O)c1ccc(OCCC)c(-c2nc3c(C([2H])([2H])C([2H])([2H])C([2H])([2H])[2H])nn(C)c3c(=O)[nH]2)c1.[2H]C([2H])(CC1CCCN1C([2H])([2H])[2H])NS(=O)(=O)c1ccc(OCCC)c(-c2nc3c(CC([2H])([2H])C([2H])([2H])[2H])nn(C)c3c(=O)[nH]2)c1.[2H]C([2H])([2H])N1CCCC1CCNS(=O)(=O)c1ccc(OCCC)c(-c2nc3c(C([2H])([2H])C([2H])([2H])C([2H])([2H])[2H])nn(C)c3c(=O)[nH]2)c1. The Labute approximate surface area is 903 Å². The lowest BCUT2D eigenvalue weighted by Crippen LogP contribution is -2.31. The summed E-state index contributed by atoms with van der Waals surface area (Å²) >= 11 is 0. The van der Waals surface area contributed by atoms with E-state index in [0.29, 0.717) is 90.1 Å². The zero-order valence-corrected chi connectivity index (χ0v) is 83.3. The van der Waals surface area contributed by atoms with Gasteiger partial charge in [0.05, 0.1) is 91.0 Å². The van der Waals surface area contributed by atoms with Crippen LogP contribution in [0.25, 0.3) is 89.7 Å². The molecule has 5 unspecified atom stereocenters. The number of aromatic nitrogens is 16. The number of sulfonamides is 4. The summed E-state index contributed by atoms with van der Waals surface area (Å²) in [7, 11) is -12.5. The summed E-state index contributed by atoms with van der Waals surface area (Å²) < 4.78 is 484. The summed E-state index contributed by atoms with van der Waals surface area (Å²) in [5.41, 5.74) is -8.14. The van der Waals surface area contributed by atoms with Gasteiger partial charge < -0.3 is 58.5 Å². The van der Waals surface area contributed by atoms with Crippen LogP contribution in [0.15, 0.2) is 112 Å². The molecule has 5 atom stereocenters. The van der Waals surface area contributed by atoms with Crippen LogP contribution in [0.1, 0.15) is 265 Å². The second kappa shape index (κ2) is 49.9. The van der Waals surface area contributed by atoms with Crippen molar-refractivity contribution in [3.05, 3.63) is 137 Å². The second-order valence-corrected chi connectivity index (χ2v) is 40.6. The van der Waals surface area contributed by atoms with E-state index < -0.39 is 263 Å². The molecule has 144 heavy (non-hydrogen) atoms. The van der Waals surface area contributed by atoms with Crippen LogP contribution in [-0.4, -0.2) is 263 Å². The van der Waals surface area contributed by atoms with Crippen LogP contribution in [0.2, 0.25) is 0 Å². The summed E-state index contributed by atoms with van der Waals surface area (Å²) in [6, 6.07) is 12.3. The van der Waals surface area contributed by atoms with E-state index >= 15 is 0 Å². The molecule has 0 spiro atoms. The Morgan fingerprint density at radius 2 is 0.646 bits per heavy atom. The summed E-state index contributed by atoms with van der Waals surface area (Å²) in [4.78, 5) is 84.0. The van der Waals surface area contributed by atoms with E-state index in [1.807, 2.05) is 30.2 Å². The van der Waals surface area contributed by atoms with Gasteiger partial charge in [0.25, 0.3) is 22.2 Å². The molecule has 0 bridgehead atoms. The maximum absolute atomic E-state index is 13.5. The van der Waals surface area contributed by atoms with E-state index in [4.69, 9.17) is 77.9 Å². The molecule has 0 radical (unpaired) electrons. The van der Waals surface area contributed by atoms with Gasteiger partial charge in [-0.15, -0.1) is 0 Å². The predicted molar refractivity (Wildman–Crippen MR) is 559 cm³/mol. The van der Waals surface area contributed by atoms with Gasteiger partial charge in [0, 0.05) is 137 Å². The van der Waals surface area contributed by atoms with Crippen LogP contribution in [0.3, 0.4) is 0 Å². The van der Waals surface area contributed by atoms with Crippen LogP contribution in [-0.2, 0) is 93.8 Å². The molecule has 4 aliphatic rings. The van der Waals surface area contributed by atoms with Gasteiger partial charge in [-0.25, -0.2) is 72.5 Å². The van der Waals surface area contributed by atoms with Gasteiger partial charge in [-0.2, -0.15) is 20.4 Å². The Balaban J connectivity index is 0.000000202. The Morgan fingerprint density at radius 3 is 0.944 bits per heavy atom. The fraction of sp³-hybridized carbons (Fsp3) is 0.560. The monoisotopic (exact) mass is 2110 g/mol. The van der Waals surface area contributed by atoms with Crippen molar-refractivity contribution < 1.29 is 112 Å². The third-order valence-electron chi connectivity index (χ3n) is 23.5. The Hall–Kier alpha value is -11.0. The molecule has 4 saturated heterocycles. The van der Waals surface area contributed by atoms with Crippen molar-refractivity contribution in [2.45, 2.75) is 253 Å². The minimum absolute atomic E-state index is 0.00823. The standard InChI is InChI=1S/4C25H36N6O4S/c4*1-5-8-20-22-23(31(4)29-20)25(32)28-24(27-22)19-16-18(10-11-21(19)35-15-6-2)36(33,34)26-13-12-17-9-7-14-30(17)3/h4*10-11,16-17,26H,5-9,12-15H2,1-4H3,(H,27,28,32)/i1D3,3D3,5D2,8D2,13D2;1D3,3D3,5D2,8D2,13D;1D3,3D3,5D2,13D2;1D3,3D3,5D2,8D2. The van der Waals surface area contributed by atoms with Gasteiger partial charge in [0.2, 0.25) is 40.1 Å². The number of nitrogens with zero attached hydrogens (tertiary/aromatic N) is 16. The number of H-pyrrole nitrogens is 4. The van der Waals surface area contributed by atoms with Gasteiger partial charge in [0.1, 0.15) is 68.4 Å². The quantitative estimate of drug-likeness (QED) is 0.0176. The van der Waals surface area contributed by atoms with Gasteiger partial charge in [-0.3, -0.25) is 37.9 Å². The maximum atomic E-state index is 13.5. The maximum Gasteiger partial charge on any atom is 0.277 e. The van der Waals surface area contributed by atoms with Crippen molar-refractivity contribution in [1.82, 2.24) is 117 Å². The second-order valence-electron chi connectivity index (χ2n) is 33.7. The van der Waals surface area contributed by atoms with Crippen molar-refractivity contribution in [2.75, 3.05) is 107 Å². The highest BCUT2D eigenvalue weighted by Crippen LogP contribution is 2.38. The Bertz CT molecular complexity index is 9210. The zero-order chi connectivity index (χ0) is 140. The van der Waals surface area contributed by atoms with E-state index in [0.717, 1.165) is 47.9 Å². The fourth-order valence-electron chi connectivity index (χ4n) is 16.5. The number of hydrogen-bond donors (Lipinski definition) is 8. The number of rotatable bonds is 44. The third-order valence-corrected chi connectivity index (χ3v) is 28.9. The summed E-state index contributed by atoms with van der Waals surface area (Å²) in [5, 5.41) is 15.9. The van der Waals surface area contributed by atoms with Gasteiger partial charge >= 0.3 is 0 Å². The lowest BCUT2D eigenvalue weighted by atomic mass is 10.1.